The Hall–Kier alpha value is 1.11. The number of hydrogen-bond donors (Lipinski definition) is 0. The summed E-state index contributed by atoms with van der Waals surface area (Å²) in [5, 5.41) is 0. The van der Waals surface area contributed by atoms with Crippen molar-refractivity contribution in [3.8, 4) is 0 Å². The number of halogens is 4. The molecule has 0 aliphatic rings. The Morgan fingerprint density at radius 2 is 0.500 bits per heavy atom. The van der Waals surface area contributed by atoms with Gasteiger partial charge in [0.15, 0.2) is 0 Å². The molecule has 0 spiro atoms. The second kappa shape index (κ2) is 17.0. The van der Waals surface area contributed by atoms with Gasteiger partial charge in [-0.25, -0.2) is 0 Å². The zero-order valence-electron chi connectivity index (χ0n) is 17.2. The molecule has 0 nitrogen and oxygen atoms in total. The van der Waals surface area contributed by atoms with Crippen molar-refractivity contribution in [1.82, 2.24) is 0 Å². The molecule has 0 saturated carbocycles. The predicted octanol–water partition coefficient (Wildman–Crippen LogP) is -6.09. The first-order valence-corrected chi connectivity index (χ1v) is 7.50. The van der Waals surface area contributed by atoms with Gasteiger partial charge in [0.05, 0.1) is 0 Å². The largest absolute Gasteiger partial charge is 3.00 e. The summed E-state index contributed by atoms with van der Waals surface area (Å²) in [5.74, 6) is 0. The van der Waals surface area contributed by atoms with Crippen molar-refractivity contribution in [1.29, 1.82) is 0 Å². The van der Waals surface area contributed by atoms with Crippen LogP contribution in [0.1, 0.15) is 55.6 Å². The first-order chi connectivity index (χ1) is 9.11. The molecular weight excluding hydrogens is 588 g/mol. The standard InChI is InChI=1S/2C10H15.4ClH.2Rh/c2*1-6-7(2)9(4)10(5)8(6)3;;;;;;/h2*1-5H3;4*1H;;/q2*-1;;;;;2*+3/p-4. The summed E-state index contributed by atoms with van der Waals surface area (Å²) in [6, 6.07) is 0. The second-order valence-electron chi connectivity index (χ2n) is 6.25. The molecule has 0 saturated heterocycles. The Labute approximate surface area is 212 Å². The van der Waals surface area contributed by atoms with E-state index in [2.05, 4.69) is 69.2 Å². The zero-order valence-corrected chi connectivity index (χ0v) is 23.5. The molecule has 0 aliphatic heterocycles. The van der Waals surface area contributed by atoms with Crippen molar-refractivity contribution >= 4 is 0 Å². The predicted molar refractivity (Wildman–Crippen MR) is 91.4 cm³/mol. The molecule has 0 fully saturated rings. The molecule has 156 valence electrons. The van der Waals surface area contributed by atoms with Crippen LogP contribution in [0.3, 0.4) is 0 Å². The van der Waals surface area contributed by atoms with E-state index in [9.17, 15) is 0 Å². The quantitative estimate of drug-likeness (QED) is 0.204. The normalized spacial score (nSPS) is 8.08. The van der Waals surface area contributed by atoms with Crippen molar-refractivity contribution in [3.63, 3.8) is 0 Å². The maximum atomic E-state index is 2.20. The van der Waals surface area contributed by atoms with Crippen molar-refractivity contribution in [2.24, 2.45) is 0 Å². The van der Waals surface area contributed by atoms with Crippen molar-refractivity contribution < 1.29 is 88.6 Å². The molecule has 26 heavy (non-hydrogen) atoms. The summed E-state index contributed by atoms with van der Waals surface area (Å²) in [6.45, 7) is 22.0. The monoisotopic (exact) mass is 616 g/mol. The van der Waals surface area contributed by atoms with Crippen LogP contribution in [0.15, 0.2) is 0 Å². The second-order valence-corrected chi connectivity index (χ2v) is 6.25. The van der Waals surface area contributed by atoms with Gasteiger partial charge in [-0.2, -0.15) is 55.6 Å². The fourth-order valence-corrected chi connectivity index (χ4v) is 2.81. The van der Waals surface area contributed by atoms with Gasteiger partial charge in [0.1, 0.15) is 0 Å². The molecule has 0 aliphatic carbocycles. The smallest absolute Gasteiger partial charge is 1.00 e. The molecule has 0 N–H and O–H groups in total. The SMILES string of the molecule is Cc1c(C)c(C)[c-](C)c1C.Cc1c(C)c(C)[c-](C)c1C.[Cl-].[Cl-].[Cl-].[Cl-].[Rh+3].[Rh+3]. The molecule has 0 heterocycles. The minimum Gasteiger partial charge on any atom is -1.00 e. The Morgan fingerprint density at radius 3 is 0.538 bits per heavy atom. The molecule has 2 rings (SSSR count). The van der Waals surface area contributed by atoms with Gasteiger partial charge < -0.3 is 49.6 Å². The topological polar surface area (TPSA) is 0 Å². The van der Waals surface area contributed by atoms with Crippen LogP contribution in [0.4, 0.5) is 0 Å². The van der Waals surface area contributed by atoms with Gasteiger partial charge in [-0.3, -0.25) is 0 Å². The van der Waals surface area contributed by atoms with Gasteiger partial charge in [0.25, 0.3) is 0 Å². The average molecular weight is 618 g/mol. The van der Waals surface area contributed by atoms with Crippen LogP contribution < -0.4 is 49.6 Å². The maximum Gasteiger partial charge on any atom is 3.00 e. The minimum atomic E-state index is 0. The van der Waals surface area contributed by atoms with Gasteiger partial charge in [0.2, 0.25) is 0 Å². The molecule has 6 heteroatoms. The zero-order chi connectivity index (χ0) is 15.8. The van der Waals surface area contributed by atoms with Gasteiger partial charge >= 0.3 is 39.0 Å². The third kappa shape index (κ3) is 8.63. The van der Waals surface area contributed by atoms with E-state index >= 15 is 0 Å². The van der Waals surface area contributed by atoms with Crippen LogP contribution in [-0.4, -0.2) is 0 Å². The summed E-state index contributed by atoms with van der Waals surface area (Å²) in [5.41, 5.74) is 14.7. The first kappa shape index (κ1) is 41.5. The molecule has 0 aromatic heterocycles. The van der Waals surface area contributed by atoms with Crippen molar-refractivity contribution in [2.45, 2.75) is 69.2 Å². The number of hydrogen-bond acceptors (Lipinski definition) is 0. The third-order valence-corrected chi connectivity index (χ3v) is 5.62. The summed E-state index contributed by atoms with van der Waals surface area (Å²) >= 11 is 0. The van der Waals surface area contributed by atoms with E-state index in [0.29, 0.717) is 0 Å². The van der Waals surface area contributed by atoms with Crippen LogP contribution in [0.5, 0.6) is 0 Å². The van der Waals surface area contributed by atoms with E-state index in [0.717, 1.165) is 0 Å². The minimum absolute atomic E-state index is 0. The van der Waals surface area contributed by atoms with E-state index in [1.54, 1.807) is 0 Å². The molecule has 0 bridgehead atoms. The van der Waals surface area contributed by atoms with Gasteiger partial charge in [-0.15, -0.1) is 0 Å². The summed E-state index contributed by atoms with van der Waals surface area (Å²) in [7, 11) is 0. The van der Waals surface area contributed by atoms with Crippen LogP contribution in [0.25, 0.3) is 0 Å². The third-order valence-electron chi connectivity index (χ3n) is 5.62. The van der Waals surface area contributed by atoms with Crippen LogP contribution in [0, 0.1) is 69.2 Å². The summed E-state index contributed by atoms with van der Waals surface area (Å²) in [4.78, 5) is 0. The fourth-order valence-electron chi connectivity index (χ4n) is 2.81. The van der Waals surface area contributed by atoms with Crippen molar-refractivity contribution in [3.05, 3.63) is 55.6 Å². The van der Waals surface area contributed by atoms with E-state index in [1.165, 1.54) is 55.6 Å². The first-order valence-electron chi connectivity index (χ1n) is 7.50. The van der Waals surface area contributed by atoms with E-state index in [4.69, 9.17) is 0 Å². The summed E-state index contributed by atoms with van der Waals surface area (Å²) in [6.07, 6.45) is 0. The Morgan fingerprint density at radius 1 is 0.385 bits per heavy atom. The van der Waals surface area contributed by atoms with Gasteiger partial charge in [-0.1, -0.05) is 69.2 Å². The molecule has 0 radical (unpaired) electrons. The molecular formula is C20H30Cl4Rh2. The number of rotatable bonds is 0. The molecule has 0 atom stereocenters. The van der Waals surface area contributed by atoms with E-state index in [-0.39, 0.29) is 88.6 Å². The fraction of sp³-hybridized carbons (Fsp3) is 0.500. The van der Waals surface area contributed by atoms with E-state index < -0.39 is 0 Å². The molecule has 0 unspecified atom stereocenters. The van der Waals surface area contributed by atoms with E-state index in [1.807, 2.05) is 0 Å². The molecule has 2 aromatic carbocycles. The van der Waals surface area contributed by atoms with Crippen LogP contribution in [-0.2, 0) is 39.0 Å². The van der Waals surface area contributed by atoms with Crippen LogP contribution >= 0.6 is 0 Å². The Bertz CT molecular complexity index is 424. The summed E-state index contributed by atoms with van der Waals surface area (Å²) < 4.78 is 0. The maximum absolute atomic E-state index is 2.20. The Balaban J connectivity index is -0.0000000625. The van der Waals surface area contributed by atoms with Gasteiger partial charge in [0, 0.05) is 0 Å². The van der Waals surface area contributed by atoms with Gasteiger partial charge in [-0.05, 0) is 0 Å². The van der Waals surface area contributed by atoms with Crippen molar-refractivity contribution in [2.75, 3.05) is 0 Å². The molecule has 0 amide bonds. The average Bonchev–Trinajstić information content (AvgIpc) is 2.71. The van der Waals surface area contributed by atoms with Crippen LogP contribution in [0.2, 0.25) is 0 Å². The Kier molecular flexibility index (Phi) is 27.1. The molecule has 2 aromatic rings.